The first kappa shape index (κ1) is 16.5. The van der Waals surface area contributed by atoms with E-state index in [0.29, 0.717) is 37.7 Å². The van der Waals surface area contributed by atoms with Crippen molar-refractivity contribution < 1.29 is 23.8 Å². The lowest BCUT2D eigenvalue weighted by Gasteiger charge is -2.29. The first-order valence-corrected chi connectivity index (χ1v) is 7.77. The van der Waals surface area contributed by atoms with Crippen LogP contribution < -0.4 is 9.47 Å². The molecule has 0 aliphatic carbocycles. The third-order valence-corrected chi connectivity index (χ3v) is 4.50. The van der Waals surface area contributed by atoms with Crippen LogP contribution in [-0.4, -0.2) is 80.2 Å². The highest BCUT2D eigenvalue weighted by molar-refractivity contribution is 5.97. The van der Waals surface area contributed by atoms with Crippen molar-refractivity contribution in [1.29, 1.82) is 0 Å². The van der Waals surface area contributed by atoms with Crippen molar-refractivity contribution in [2.45, 2.75) is 6.04 Å². The lowest BCUT2D eigenvalue weighted by Crippen LogP contribution is -2.45. The van der Waals surface area contributed by atoms with Crippen molar-refractivity contribution in [2.75, 3.05) is 47.6 Å². The number of aromatic nitrogens is 1. The van der Waals surface area contributed by atoms with E-state index in [0.717, 1.165) is 0 Å². The molecule has 1 aromatic rings. The zero-order valence-corrected chi connectivity index (χ0v) is 14.0. The maximum Gasteiger partial charge on any atom is 0.259 e. The number of ether oxygens (including phenoxy) is 3. The third-order valence-electron chi connectivity index (χ3n) is 4.50. The molecule has 2 amide bonds. The van der Waals surface area contributed by atoms with Gasteiger partial charge in [-0.1, -0.05) is 0 Å². The number of methoxy groups -OCH3 is 2. The second-order valence-corrected chi connectivity index (χ2v) is 5.96. The summed E-state index contributed by atoms with van der Waals surface area (Å²) < 4.78 is 15.8. The summed E-state index contributed by atoms with van der Waals surface area (Å²) in [5.41, 5.74) is 0.356. The molecule has 8 heteroatoms. The monoisotopic (exact) mass is 335 g/mol. The van der Waals surface area contributed by atoms with Crippen molar-refractivity contribution in [3.05, 3.63) is 17.7 Å². The van der Waals surface area contributed by atoms with Gasteiger partial charge in [0.05, 0.1) is 39.4 Å². The van der Waals surface area contributed by atoms with E-state index < -0.39 is 0 Å². The van der Waals surface area contributed by atoms with Gasteiger partial charge in [-0.15, -0.1) is 0 Å². The molecule has 24 heavy (non-hydrogen) atoms. The predicted molar refractivity (Wildman–Crippen MR) is 84.1 cm³/mol. The van der Waals surface area contributed by atoms with E-state index in [1.807, 2.05) is 0 Å². The average Bonchev–Trinajstić information content (AvgIpc) is 2.78. The summed E-state index contributed by atoms with van der Waals surface area (Å²) in [6.07, 6.45) is 0. The van der Waals surface area contributed by atoms with E-state index in [9.17, 15) is 9.59 Å². The number of pyridine rings is 1. The van der Waals surface area contributed by atoms with Crippen molar-refractivity contribution in [3.8, 4) is 11.8 Å². The molecule has 2 aliphatic heterocycles. The molecule has 130 valence electrons. The predicted octanol–water partition coefficient (Wildman–Crippen LogP) is 0.0280. The Morgan fingerprint density at radius 3 is 2.75 bits per heavy atom. The van der Waals surface area contributed by atoms with Gasteiger partial charge in [0, 0.05) is 26.2 Å². The zero-order chi connectivity index (χ0) is 17.3. The van der Waals surface area contributed by atoms with Gasteiger partial charge >= 0.3 is 0 Å². The summed E-state index contributed by atoms with van der Waals surface area (Å²) in [6, 6.07) is 3.11. The van der Waals surface area contributed by atoms with Crippen LogP contribution >= 0.6 is 0 Å². The fourth-order valence-corrected chi connectivity index (χ4v) is 3.09. The molecule has 0 saturated carbocycles. The van der Waals surface area contributed by atoms with Crippen molar-refractivity contribution in [1.82, 2.24) is 14.8 Å². The fourth-order valence-electron chi connectivity index (χ4n) is 3.09. The Balaban J connectivity index is 1.89. The van der Waals surface area contributed by atoms with E-state index in [1.165, 1.54) is 14.2 Å². The van der Waals surface area contributed by atoms with E-state index >= 15 is 0 Å². The Morgan fingerprint density at radius 2 is 2.04 bits per heavy atom. The number of rotatable bonds is 3. The molecule has 3 heterocycles. The van der Waals surface area contributed by atoms with Gasteiger partial charge in [-0.05, 0) is 6.07 Å². The minimum Gasteiger partial charge on any atom is -0.481 e. The highest BCUT2D eigenvalue weighted by Gasteiger charge is 2.39. The molecule has 0 radical (unpaired) electrons. The third kappa shape index (κ3) is 2.89. The largest absolute Gasteiger partial charge is 0.481 e. The van der Waals surface area contributed by atoms with Crippen molar-refractivity contribution in [2.24, 2.45) is 5.92 Å². The highest BCUT2D eigenvalue weighted by atomic mass is 16.5. The van der Waals surface area contributed by atoms with Gasteiger partial charge in [-0.3, -0.25) is 9.59 Å². The molecule has 0 N–H and O–H groups in total. The van der Waals surface area contributed by atoms with Crippen LogP contribution in [0, 0.1) is 5.92 Å². The summed E-state index contributed by atoms with van der Waals surface area (Å²) in [5.74, 6) is 0.0578. The van der Waals surface area contributed by atoms with Gasteiger partial charge in [0.15, 0.2) is 0 Å². The van der Waals surface area contributed by atoms with E-state index in [1.54, 1.807) is 29.0 Å². The van der Waals surface area contributed by atoms with Gasteiger partial charge in [-0.2, -0.15) is 4.98 Å². The number of carbonyl (C=O) groups is 2. The van der Waals surface area contributed by atoms with Crippen LogP contribution in [0.15, 0.2) is 12.1 Å². The van der Waals surface area contributed by atoms with Gasteiger partial charge in [-0.25, -0.2) is 0 Å². The second-order valence-electron chi connectivity index (χ2n) is 5.96. The number of hydrogen-bond donors (Lipinski definition) is 0. The minimum atomic E-state index is -0.344. The Morgan fingerprint density at radius 1 is 1.25 bits per heavy atom. The molecular weight excluding hydrogens is 314 g/mol. The fraction of sp³-hybridized carbons (Fsp3) is 0.562. The van der Waals surface area contributed by atoms with Crippen LogP contribution in [0.1, 0.15) is 10.4 Å². The van der Waals surface area contributed by atoms with Crippen molar-refractivity contribution in [3.63, 3.8) is 0 Å². The average molecular weight is 335 g/mol. The summed E-state index contributed by atoms with van der Waals surface area (Å²) in [5, 5.41) is 0. The molecule has 0 unspecified atom stereocenters. The Bertz CT molecular complexity index is 651. The van der Waals surface area contributed by atoms with Crippen LogP contribution in [0.25, 0.3) is 0 Å². The molecule has 2 bridgehead atoms. The maximum absolute atomic E-state index is 13.0. The SMILES string of the molecule is COc1ccc(C(=O)N2C[C@@H]3COC[C@H](C2)N(C)C3=O)c(OC)n1. The van der Waals surface area contributed by atoms with E-state index in [-0.39, 0.29) is 29.7 Å². The Kier molecular flexibility index (Phi) is 4.57. The summed E-state index contributed by atoms with van der Waals surface area (Å²) in [6.45, 7) is 1.52. The van der Waals surface area contributed by atoms with Crippen LogP contribution in [-0.2, 0) is 9.53 Å². The molecule has 1 aromatic heterocycles. The van der Waals surface area contributed by atoms with Crippen LogP contribution in [0.4, 0.5) is 0 Å². The first-order valence-electron chi connectivity index (χ1n) is 7.77. The molecule has 3 rings (SSSR count). The van der Waals surface area contributed by atoms with Crippen molar-refractivity contribution >= 4 is 11.8 Å². The van der Waals surface area contributed by atoms with Gasteiger partial charge in [0.1, 0.15) is 5.56 Å². The Labute approximate surface area is 140 Å². The lowest BCUT2D eigenvalue weighted by atomic mass is 10.1. The molecule has 2 aliphatic rings. The molecular formula is C16H21N3O5. The minimum absolute atomic E-state index is 0.0209. The van der Waals surface area contributed by atoms with Crippen LogP contribution in [0.2, 0.25) is 0 Å². The first-order chi connectivity index (χ1) is 11.5. The molecule has 2 atom stereocenters. The van der Waals surface area contributed by atoms with E-state index in [4.69, 9.17) is 14.2 Å². The number of fused-ring (bicyclic) bond motifs is 3. The second kappa shape index (κ2) is 6.64. The molecule has 2 fully saturated rings. The summed E-state index contributed by atoms with van der Waals surface area (Å²) >= 11 is 0. The van der Waals surface area contributed by atoms with Gasteiger partial charge in [0.25, 0.3) is 5.91 Å². The number of amides is 2. The standard InChI is InChI=1S/C16H21N3O5/c1-18-11-7-19(6-10(15(18)20)8-24-9-11)16(21)12-4-5-13(22-2)17-14(12)23-3/h4-5,10-11H,6-9H2,1-3H3/t10-,11+/m1/s1. The number of likely N-dealkylation sites (N-methyl/N-ethyl adjacent to an activating group) is 1. The summed E-state index contributed by atoms with van der Waals surface area (Å²) in [4.78, 5) is 32.9. The summed E-state index contributed by atoms with van der Waals surface area (Å²) in [7, 11) is 4.72. The molecule has 8 nitrogen and oxygen atoms in total. The topological polar surface area (TPSA) is 81.2 Å². The number of hydrogen-bond acceptors (Lipinski definition) is 6. The molecule has 2 saturated heterocycles. The maximum atomic E-state index is 13.0. The van der Waals surface area contributed by atoms with Crippen LogP contribution in [0.3, 0.4) is 0 Å². The van der Waals surface area contributed by atoms with Gasteiger partial charge in [0.2, 0.25) is 17.7 Å². The van der Waals surface area contributed by atoms with Gasteiger partial charge < -0.3 is 24.0 Å². The zero-order valence-electron chi connectivity index (χ0n) is 14.0. The normalized spacial score (nSPS) is 23.7. The smallest absolute Gasteiger partial charge is 0.259 e. The molecule has 0 aromatic carbocycles. The number of carbonyl (C=O) groups excluding carboxylic acids is 2. The van der Waals surface area contributed by atoms with Crippen LogP contribution in [0.5, 0.6) is 11.8 Å². The Hall–Kier alpha value is -2.35. The number of nitrogens with zero attached hydrogens (tertiary/aromatic N) is 3. The quantitative estimate of drug-likeness (QED) is 0.775. The molecule has 0 spiro atoms. The highest BCUT2D eigenvalue weighted by Crippen LogP contribution is 2.25. The van der Waals surface area contributed by atoms with E-state index in [2.05, 4.69) is 4.98 Å². The lowest BCUT2D eigenvalue weighted by molar-refractivity contribution is -0.133.